The van der Waals surface area contributed by atoms with Gasteiger partial charge in [0.15, 0.2) is 0 Å². The zero-order valence-electron chi connectivity index (χ0n) is 3.09. The van der Waals surface area contributed by atoms with Gasteiger partial charge < -0.3 is 0 Å². The van der Waals surface area contributed by atoms with Crippen LogP contribution in [0.4, 0.5) is 0 Å². The van der Waals surface area contributed by atoms with E-state index in [1.165, 1.54) is 16.5 Å². The molecule has 0 aliphatic rings. The molecule has 0 aliphatic carbocycles. The van der Waals surface area contributed by atoms with Gasteiger partial charge in [0.1, 0.15) is 0 Å². The fourth-order valence-electron chi connectivity index (χ4n) is 0. The van der Waals surface area contributed by atoms with Gasteiger partial charge in [-0.15, -0.1) is 0 Å². The van der Waals surface area contributed by atoms with Crippen LogP contribution in [0.1, 0.15) is 0 Å². The van der Waals surface area contributed by atoms with E-state index in [4.69, 9.17) is 46.4 Å². The summed E-state index contributed by atoms with van der Waals surface area (Å²) in [6, 6.07) is 0. The first-order valence-corrected chi connectivity index (χ1v) is 4.03. The van der Waals surface area contributed by atoms with Crippen molar-refractivity contribution >= 4 is 62.9 Å². The molecule has 3 radical (unpaired) electrons. The topological polar surface area (TPSA) is 0 Å². The van der Waals surface area contributed by atoms with Gasteiger partial charge in [-0.1, -0.05) is 0 Å². The molecule has 0 aliphatic heterocycles. The van der Waals surface area contributed by atoms with Crippen molar-refractivity contribution in [2.75, 3.05) is 0 Å². The predicted octanol–water partition coefficient (Wildman–Crippen LogP) is 2.09. The number of rotatable bonds is 1. The fourth-order valence-corrected chi connectivity index (χ4v) is 0. The van der Waals surface area contributed by atoms with Crippen molar-refractivity contribution in [2.45, 2.75) is 8.00 Å². The molecule has 0 rings (SSSR count). The Morgan fingerprint density at radius 3 is 1.43 bits per heavy atom. The Kier molecular flexibility index (Phi) is 3.76. The Bertz CT molecular complexity index is 55.2. The quantitative estimate of drug-likeness (QED) is 0.485. The molecule has 0 bridgehead atoms. The van der Waals surface area contributed by atoms with Crippen LogP contribution >= 0.6 is 46.4 Å². The van der Waals surface area contributed by atoms with E-state index in [-0.39, 0.29) is 0 Å². The number of hydrogen-bond donors (Lipinski definition) is 0. The third-order valence-electron chi connectivity index (χ3n) is 0.274. The van der Waals surface area contributed by atoms with Crippen LogP contribution in [0.5, 0.6) is 0 Å². The van der Waals surface area contributed by atoms with Gasteiger partial charge in [0.2, 0.25) is 0 Å². The number of hydrogen-bond acceptors (Lipinski definition) is 0. The van der Waals surface area contributed by atoms with Crippen LogP contribution in [0.2, 0.25) is 0 Å². The third-order valence-corrected chi connectivity index (χ3v) is 3.19. The van der Waals surface area contributed by atoms with Crippen LogP contribution in [0.25, 0.3) is 0 Å². The third kappa shape index (κ3) is 4.22. The normalized spacial score (nSPS) is 12.9. The molecule has 41 valence electrons. The molecule has 0 fully saturated rings. The van der Waals surface area contributed by atoms with Crippen LogP contribution < -0.4 is 0 Å². The first kappa shape index (κ1) is 8.70. The second-order valence-corrected chi connectivity index (χ2v) is 6.39. The minimum atomic E-state index is -1.02. The van der Waals surface area contributed by atoms with E-state index in [0.717, 1.165) is 0 Å². The van der Waals surface area contributed by atoms with Crippen LogP contribution in [0, 0.1) is 0 Å². The number of alkyl halides is 4. The SMILES string of the molecule is ClC(Cl)[C](Cl)(Cl)[Ge]. The molecule has 0 nitrogen and oxygen atoms in total. The van der Waals surface area contributed by atoms with E-state index in [9.17, 15) is 0 Å². The second-order valence-electron chi connectivity index (χ2n) is 0.924. The van der Waals surface area contributed by atoms with Gasteiger partial charge in [-0.05, 0) is 0 Å². The molecule has 0 spiro atoms. The Labute approximate surface area is 70.7 Å². The minimum absolute atomic E-state index is 0.726. The van der Waals surface area contributed by atoms with E-state index >= 15 is 0 Å². The van der Waals surface area contributed by atoms with E-state index in [2.05, 4.69) is 0 Å². The Morgan fingerprint density at radius 1 is 1.29 bits per heavy atom. The standard InChI is InChI=1S/C2HCl4Ge/c3-1(4)2(5,6)7/h1H. The van der Waals surface area contributed by atoms with Crippen LogP contribution in [-0.2, 0) is 0 Å². The zero-order valence-corrected chi connectivity index (χ0v) is 8.21. The molecule has 0 aromatic rings. The van der Waals surface area contributed by atoms with Gasteiger partial charge in [-0.25, -0.2) is 0 Å². The van der Waals surface area contributed by atoms with E-state index in [0.29, 0.717) is 0 Å². The van der Waals surface area contributed by atoms with Crippen molar-refractivity contribution in [3.05, 3.63) is 0 Å². The van der Waals surface area contributed by atoms with Gasteiger partial charge >= 0.3 is 70.9 Å². The summed E-state index contributed by atoms with van der Waals surface area (Å²) in [6.45, 7) is 0. The number of halogens is 4. The van der Waals surface area contributed by atoms with Crippen molar-refractivity contribution in [3.8, 4) is 0 Å². The van der Waals surface area contributed by atoms with Gasteiger partial charge in [-0.3, -0.25) is 0 Å². The second kappa shape index (κ2) is 3.02. The molecule has 0 atom stereocenters. The van der Waals surface area contributed by atoms with Gasteiger partial charge in [0.05, 0.1) is 0 Å². The molecular weight excluding hydrogens is 238 g/mol. The van der Waals surface area contributed by atoms with Crippen molar-refractivity contribution in [2.24, 2.45) is 0 Å². The molecular formula is C2HCl4Ge. The molecule has 7 heavy (non-hydrogen) atoms. The van der Waals surface area contributed by atoms with E-state index < -0.39 is 8.00 Å². The Morgan fingerprint density at radius 2 is 1.43 bits per heavy atom. The fraction of sp³-hybridized carbons (Fsp3) is 1.00. The first-order valence-electron chi connectivity index (χ1n) is 1.35. The predicted molar refractivity (Wildman–Crippen MR) is 35.7 cm³/mol. The summed E-state index contributed by atoms with van der Waals surface area (Å²) in [5, 5.41) is 0. The summed E-state index contributed by atoms with van der Waals surface area (Å²) < 4.78 is -1.02. The average molecular weight is 239 g/mol. The molecule has 0 saturated carbocycles. The summed E-state index contributed by atoms with van der Waals surface area (Å²) in [6.07, 6.45) is 0. The first-order chi connectivity index (χ1) is 2.94. The molecule has 0 N–H and O–H groups in total. The molecule has 0 unspecified atom stereocenters. The van der Waals surface area contributed by atoms with E-state index in [1.54, 1.807) is 0 Å². The Balaban J connectivity index is 3.54. The van der Waals surface area contributed by atoms with Crippen molar-refractivity contribution in [1.82, 2.24) is 0 Å². The van der Waals surface area contributed by atoms with E-state index in [1.807, 2.05) is 0 Å². The molecule has 0 aromatic heterocycles. The van der Waals surface area contributed by atoms with Crippen LogP contribution in [-0.4, -0.2) is 24.5 Å². The van der Waals surface area contributed by atoms with Crippen molar-refractivity contribution in [3.63, 3.8) is 0 Å². The summed E-state index contributed by atoms with van der Waals surface area (Å²) in [7, 11) is 0. The van der Waals surface area contributed by atoms with Gasteiger partial charge in [-0.2, -0.15) is 0 Å². The summed E-state index contributed by atoms with van der Waals surface area (Å²) in [5.41, 5.74) is 0. The molecule has 5 heteroatoms. The average Bonchev–Trinajstić information content (AvgIpc) is 1.31. The van der Waals surface area contributed by atoms with Crippen LogP contribution in [0.3, 0.4) is 0 Å². The summed E-state index contributed by atoms with van der Waals surface area (Å²) in [5.74, 6) is 0. The maximum atomic E-state index is 5.37. The van der Waals surface area contributed by atoms with Crippen molar-refractivity contribution in [1.29, 1.82) is 0 Å². The van der Waals surface area contributed by atoms with Gasteiger partial charge in [0, 0.05) is 0 Å². The monoisotopic (exact) mass is 239 g/mol. The maximum absolute atomic E-state index is 5.37. The van der Waals surface area contributed by atoms with Crippen LogP contribution in [0.15, 0.2) is 0 Å². The summed E-state index contributed by atoms with van der Waals surface area (Å²) in [4.78, 5) is -0.726. The molecule has 0 saturated heterocycles. The van der Waals surface area contributed by atoms with Gasteiger partial charge in [0.25, 0.3) is 0 Å². The Hall–Kier alpha value is 1.70. The molecule has 0 heterocycles. The van der Waals surface area contributed by atoms with Crippen molar-refractivity contribution < 1.29 is 0 Å². The summed E-state index contributed by atoms with van der Waals surface area (Å²) >= 11 is 22.8. The zero-order chi connectivity index (χ0) is 6.08. The molecule has 0 aromatic carbocycles. The molecule has 0 amide bonds.